The molecule has 0 bridgehead atoms. The Balaban J connectivity index is 1.20. The summed E-state index contributed by atoms with van der Waals surface area (Å²) in [5.74, 6) is 1.29. The van der Waals surface area contributed by atoms with Crippen LogP contribution in [0.4, 0.5) is 4.79 Å². The normalized spacial score (nSPS) is 32.9. The van der Waals surface area contributed by atoms with Crippen LogP contribution in [0.2, 0.25) is 5.02 Å². The summed E-state index contributed by atoms with van der Waals surface area (Å²) in [5.41, 5.74) is 5.92. The van der Waals surface area contributed by atoms with E-state index in [2.05, 4.69) is 76.9 Å². The minimum Gasteiger partial charge on any atom is -0.465 e. The average Bonchev–Trinajstić information content (AvgIpc) is 3.45. The number of urea groups is 1. The maximum absolute atomic E-state index is 14.6. The number of methoxy groups -OCH3 is 1. The molecule has 2 amide bonds. The van der Waals surface area contributed by atoms with Crippen molar-refractivity contribution in [2.75, 3.05) is 34.3 Å². The summed E-state index contributed by atoms with van der Waals surface area (Å²) in [6.07, 6.45) is 10.1. The molecule has 308 valence electrons. The second-order valence-electron chi connectivity index (χ2n) is 20.2. The number of allylic oxidation sites excluding steroid dienone is 3. The van der Waals surface area contributed by atoms with Crippen LogP contribution in [-0.4, -0.2) is 67.4 Å². The largest absolute Gasteiger partial charge is 0.465 e. The van der Waals surface area contributed by atoms with E-state index in [1.165, 1.54) is 23.8 Å². The van der Waals surface area contributed by atoms with Crippen LogP contribution in [0, 0.1) is 45.3 Å². The molecule has 3 unspecified atom stereocenters. The van der Waals surface area contributed by atoms with Gasteiger partial charge in [0.1, 0.15) is 0 Å². The fourth-order valence-corrected chi connectivity index (χ4v) is 13.5. The Hall–Kier alpha value is -3.42. The Morgan fingerprint density at radius 1 is 0.877 bits per heavy atom. The van der Waals surface area contributed by atoms with E-state index in [1.807, 2.05) is 55.4 Å². The van der Waals surface area contributed by atoms with Gasteiger partial charge >= 0.3 is 12.0 Å². The molecule has 0 aliphatic heterocycles. The first-order valence-electron chi connectivity index (χ1n) is 21.4. The number of amides is 2. The van der Waals surface area contributed by atoms with E-state index >= 15 is 0 Å². The summed E-state index contributed by atoms with van der Waals surface area (Å²) in [5, 5.41) is 4.30. The summed E-state index contributed by atoms with van der Waals surface area (Å²) in [6.45, 7) is 18.8. The van der Waals surface area contributed by atoms with Crippen molar-refractivity contribution in [2.45, 2.75) is 112 Å². The molecule has 3 saturated carbocycles. The number of esters is 1. The maximum Gasteiger partial charge on any atom is 0.337 e. The van der Waals surface area contributed by atoms with E-state index in [-0.39, 0.29) is 51.3 Å². The number of fused-ring (bicyclic) bond motifs is 7. The van der Waals surface area contributed by atoms with Crippen molar-refractivity contribution in [3.8, 4) is 0 Å². The van der Waals surface area contributed by atoms with E-state index in [9.17, 15) is 14.4 Å². The van der Waals surface area contributed by atoms with Gasteiger partial charge < -0.3 is 19.9 Å². The highest BCUT2D eigenvalue weighted by molar-refractivity contribution is 6.30. The zero-order valence-corrected chi connectivity index (χ0v) is 36.9. The van der Waals surface area contributed by atoms with E-state index in [0.29, 0.717) is 41.9 Å². The van der Waals surface area contributed by atoms with Crippen molar-refractivity contribution in [3.05, 3.63) is 87.5 Å². The first-order chi connectivity index (χ1) is 26.8. The van der Waals surface area contributed by atoms with E-state index in [1.54, 1.807) is 0 Å². The highest BCUT2D eigenvalue weighted by Crippen LogP contribution is 2.76. The number of hydrogen-bond donors (Lipinski definition) is 1. The van der Waals surface area contributed by atoms with E-state index < -0.39 is 5.54 Å². The van der Waals surface area contributed by atoms with Gasteiger partial charge in [-0.15, -0.1) is 0 Å². The van der Waals surface area contributed by atoms with Crippen LogP contribution in [0.25, 0.3) is 5.57 Å². The lowest BCUT2D eigenvalue weighted by molar-refractivity contribution is -0.194. The van der Waals surface area contributed by atoms with E-state index in [0.717, 1.165) is 62.6 Å². The number of Topliss-reactive ketones (excluding diaryl/α,β-unsaturated/α-hetero) is 1. The van der Waals surface area contributed by atoms with Crippen LogP contribution in [0.1, 0.15) is 121 Å². The Morgan fingerprint density at radius 2 is 1.56 bits per heavy atom. The molecule has 7 atom stereocenters. The van der Waals surface area contributed by atoms with Crippen LogP contribution < -0.4 is 5.32 Å². The fraction of sp³-hybridized carbons (Fsp3) is 0.612. The topological polar surface area (TPSA) is 78.9 Å². The van der Waals surface area contributed by atoms with Gasteiger partial charge in [-0.2, -0.15) is 0 Å². The highest BCUT2D eigenvalue weighted by Gasteiger charge is 2.69. The number of nitrogens with one attached hydrogen (secondary N) is 1. The highest BCUT2D eigenvalue weighted by atomic mass is 35.5. The lowest BCUT2D eigenvalue weighted by Crippen LogP contribution is -2.66. The van der Waals surface area contributed by atoms with Crippen molar-refractivity contribution in [1.29, 1.82) is 0 Å². The molecule has 0 heterocycles. The average molecular weight is 797 g/mol. The predicted molar refractivity (Wildman–Crippen MR) is 230 cm³/mol. The molecule has 0 saturated heterocycles. The van der Waals surface area contributed by atoms with Gasteiger partial charge in [0.15, 0.2) is 5.78 Å². The third-order valence-corrected chi connectivity index (χ3v) is 16.6. The smallest absolute Gasteiger partial charge is 0.337 e. The van der Waals surface area contributed by atoms with Gasteiger partial charge in [-0.1, -0.05) is 90.4 Å². The standard InChI is InChI=1S/C49H66ClN3O4/c1-31(2)41-38(54)29-49(51-44(56)53(28-27-52(8)9)30-32-11-17-35(50)18-12-32)26-25-47(6)37(42(41)49)19-20-40-46(5)23-21-36(33-13-15-34(16-14-33)43(55)57-10)45(3,4)39(46)22-24-48(40,47)7/h11-18,21,31,37,39-40H,19-20,22-30H2,1-10H3,(H,51,56)/t37?,39?,40?,46-,47+,48+,49+/m0/s1. The molecule has 8 heteroatoms. The Morgan fingerprint density at radius 3 is 2.19 bits per heavy atom. The number of benzene rings is 2. The molecule has 0 aromatic heterocycles. The van der Waals surface area contributed by atoms with Gasteiger partial charge in [0.05, 0.1) is 18.2 Å². The number of ether oxygens (including phenoxy) is 1. The lowest BCUT2D eigenvalue weighted by Gasteiger charge is -2.71. The number of halogens is 1. The van der Waals surface area contributed by atoms with Crippen LogP contribution in [-0.2, 0) is 16.1 Å². The molecule has 7 nitrogen and oxygen atoms in total. The zero-order chi connectivity index (χ0) is 41.3. The second kappa shape index (κ2) is 15.0. The van der Waals surface area contributed by atoms with Crippen LogP contribution >= 0.6 is 11.6 Å². The minimum atomic E-state index is -0.660. The number of nitrogens with zero attached hydrogens (tertiary/aromatic N) is 2. The van der Waals surface area contributed by atoms with Crippen molar-refractivity contribution in [1.82, 2.24) is 15.1 Å². The van der Waals surface area contributed by atoms with Crippen molar-refractivity contribution >= 4 is 35.0 Å². The molecule has 0 spiro atoms. The Bertz CT molecular complexity index is 1970. The summed E-state index contributed by atoms with van der Waals surface area (Å²) in [7, 11) is 5.49. The van der Waals surface area contributed by atoms with Crippen LogP contribution in [0.5, 0.6) is 0 Å². The molecule has 5 aliphatic rings. The molecular formula is C49H66ClN3O4. The number of rotatable bonds is 9. The molecule has 2 aromatic rings. The third-order valence-electron chi connectivity index (χ3n) is 16.4. The molecule has 1 N–H and O–H groups in total. The van der Waals surface area contributed by atoms with Gasteiger partial charge in [0.2, 0.25) is 0 Å². The number of ketones is 1. The number of carbonyl (C=O) groups excluding carboxylic acids is 3. The van der Waals surface area contributed by atoms with Gasteiger partial charge in [-0.05, 0) is 156 Å². The van der Waals surface area contributed by atoms with Crippen molar-refractivity contribution in [2.24, 2.45) is 45.3 Å². The molecule has 3 fully saturated rings. The Labute approximate surface area is 347 Å². The summed E-state index contributed by atoms with van der Waals surface area (Å²) in [4.78, 5) is 45.1. The molecule has 57 heavy (non-hydrogen) atoms. The molecule has 0 radical (unpaired) electrons. The van der Waals surface area contributed by atoms with E-state index in [4.69, 9.17) is 16.3 Å². The number of hydrogen-bond acceptors (Lipinski definition) is 5. The first-order valence-corrected chi connectivity index (χ1v) is 21.8. The fourth-order valence-electron chi connectivity index (χ4n) is 13.4. The van der Waals surface area contributed by atoms with Gasteiger partial charge in [-0.25, -0.2) is 9.59 Å². The van der Waals surface area contributed by atoms with Crippen LogP contribution in [0.3, 0.4) is 0 Å². The van der Waals surface area contributed by atoms with Gasteiger partial charge in [-0.3, -0.25) is 4.79 Å². The van der Waals surface area contributed by atoms with Gasteiger partial charge in [0.25, 0.3) is 0 Å². The van der Waals surface area contributed by atoms with Crippen molar-refractivity contribution in [3.63, 3.8) is 0 Å². The predicted octanol–water partition coefficient (Wildman–Crippen LogP) is 10.6. The summed E-state index contributed by atoms with van der Waals surface area (Å²) < 4.78 is 4.97. The Kier molecular flexibility index (Phi) is 11.0. The van der Waals surface area contributed by atoms with Crippen molar-refractivity contribution < 1.29 is 19.1 Å². The monoisotopic (exact) mass is 795 g/mol. The molecule has 7 rings (SSSR count). The first kappa shape index (κ1) is 41.7. The molecular weight excluding hydrogens is 730 g/mol. The number of likely N-dealkylation sites (N-methyl/N-ethyl adjacent to an activating group) is 1. The van der Waals surface area contributed by atoms with Crippen LogP contribution in [0.15, 0.2) is 65.8 Å². The summed E-state index contributed by atoms with van der Waals surface area (Å²) >= 11 is 6.22. The minimum absolute atomic E-state index is 0.00993. The second-order valence-corrected chi connectivity index (χ2v) is 20.6. The zero-order valence-electron chi connectivity index (χ0n) is 36.2. The molecule has 5 aliphatic carbocycles. The SMILES string of the molecule is COC(=O)c1ccc(C2=CC[C@@]3(C)C(CC[C@]4(C)C3CCC3C5=C(C(C)C)C(=O)C[C@]5(NC(=O)N(CCN(C)C)Cc5ccc(Cl)cc5)CC[C@]34C)C2(C)C)cc1. The van der Waals surface area contributed by atoms with Gasteiger partial charge in [0, 0.05) is 31.1 Å². The molecule has 2 aromatic carbocycles. The third kappa shape index (κ3) is 6.81. The lowest BCUT2D eigenvalue weighted by atomic mass is 9.33. The summed E-state index contributed by atoms with van der Waals surface area (Å²) in [6, 6.07) is 15.6. The quantitative estimate of drug-likeness (QED) is 0.256. The number of carbonyl (C=O) groups is 3. The maximum atomic E-state index is 14.6.